The van der Waals surface area contributed by atoms with Crippen molar-refractivity contribution in [3.05, 3.63) is 50.5 Å². The molecule has 0 saturated heterocycles. The van der Waals surface area contributed by atoms with E-state index in [2.05, 4.69) is 20.2 Å². The largest absolute Gasteiger partial charge is 0.465 e. The normalized spacial score (nSPS) is 10.6. The minimum Gasteiger partial charge on any atom is -0.465 e. The Kier molecular flexibility index (Phi) is 4.79. The number of hydrazone groups is 1. The third-order valence-corrected chi connectivity index (χ3v) is 3.69. The lowest BCUT2D eigenvalue weighted by atomic mass is 10.2. The zero-order chi connectivity index (χ0) is 16.1. The number of esters is 1. The molecule has 8 nitrogen and oxygen atoms in total. The van der Waals surface area contributed by atoms with Crippen molar-refractivity contribution < 1.29 is 14.5 Å². The van der Waals surface area contributed by atoms with E-state index in [0.29, 0.717) is 21.3 Å². The zero-order valence-corrected chi connectivity index (χ0v) is 12.6. The van der Waals surface area contributed by atoms with Gasteiger partial charge in [-0.05, 0) is 24.6 Å². The molecule has 1 aromatic heterocycles. The van der Waals surface area contributed by atoms with Gasteiger partial charge in [-0.2, -0.15) is 5.10 Å². The smallest absolute Gasteiger partial charge is 0.350 e. The second-order valence-corrected chi connectivity index (χ2v) is 5.14. The highest BCUT2D eigenvalue weighted by molar-refractivity contribution is 7.17. The predicted molar refractivity (Wildman–Crippen MR) is 82.5 cm³/mol. The SMILES string of the molecule is COC(=O)c1sc(N/N=C\c2ccc([N+](=O)[O-])cc2)nc1C. The number of hydrogen-bond donors (Lipinski definition) is 1. The van der Waals surface area contributed by atoms with Gasteiger partial charge >= 0.3 is 5.97 Å². The minimum absolute atomic E-state index is 0.0170. The van der Waals surface area contributed by atoms with Crippen molar-refractivity contribution in [2.45, 2.75) is 6.92 Å². The highest BCUT2D eigenvalue weighted by Crippen LogP contribution is 2.23. The molecule has 0 unspecified atom stereocenters. The molecule has 1 N–H and O–H groups in total. The van der Waals surface area contributed by atoms with E-state index in [1.807, 2.05) is 0 Å². The van der Waals surface area contributed by atoms with E-state index in [1.165, 1.54) is 25.5 Å². The van der Waals surface area contributed by atoms with Gasteiger partial charge < -0.3 is 4.74 Å². The average Bonchev–Trinajstić information content (AvgIpc) is 2.88. The second-order valence-electron chi connectivity index (χ2n) is 4.14. The van der Waals surface area contributed by atoms with Gasteiger partial charge in [0.15, 0.2) is 0 Å². The molecule has 0 spiro atoms. The van der Waals surface area contributed by atoms with Crippen molar-refractivity contribution in [3.8, 4) is 0 Å². The van der Waals surface area contributed by atoms with Gasteiger partial charge in [0, 0.05) is 12.1 Å². The fourth-order valence-corrected chi connectivity index (χ4v) is 2.40. The molecule has 114 valence electrons. The first-order chi connectivity index (χ1) is 10.5. The molecule has 0 fully saturated rings. The van der Waals surface area contributed by atoms with E-state index in [0.717, 1.165) is 11.3 Å². The van der Waals surface area contributed by atoms with Crippen LogP contribution in [-0.2, 0) is 4.74 Å². The highest BCUT2D eigenvalue weighted by Gasteiger charge is 2.15. The van der Waals surface area contributed by atoms with Crippen molar-refractivity contribution in [2.24, 2.45) is 5.10 Å². The van der Waals surface area contributed by atoms with Crippen LogP contribution < -0.4 is 5.43 Å². The fourth-order valence-electron chi connectivity index (χ4n) is 1.57. The fraction of sp³-hybridized carbons (Fsp3) is 0.154. The maximum Gasteiger partial charge on any atom is 0.350 e. The molecule has 2 aromatic rings. The highest BCUT2D eigenvalue weighted by atomic mass is 32.1. The van der Waals surface area contributed by atoms with Gasteiger partial charge in [-0.3, -0.25) is 15.5 Å². The van der Waals surface area contributed by atoms with Crippen LogP contribution in [0.5, 0.6) is 0 Å². The summed E-state index contributed by atoms with van der Waals surface area (Å²) in [6, 6.07) is 5.95. The van der Waals surface area contributed by atoms with Gasteiger partial charge in [0.05, 0.1) is 23.9 Å². The lowest BCUT2D eigenvalue weighted by molar-refractivity contribution is -0.384. The van der Waals surface area contributed by atoms with Crippen LogP contribution in [0, 0.1) is 17.0 Å². The third kappa shape index (κ3) is 3.64. The average molecular weight is 320 g/mol. The number of non-ortho nitro benzene ring substituents is 1. The molecule has 0 saturated carbocycles. The summed E-state index contributed by atoms with van der Waals surface area (Å²) in [5, 5.41) is 15.0. The molecule has 22 heavy (non-hydrogen) atoms. The lowest BCUT2D eigenvalue weighted by Gasteiger charge is -1.95. The summed E-state index contributed by atoms with van der Waals surface area (Å²) < 4.78 is 4.64. The summed E-state index contributed by atoms with van der Waals surface area (Å²) in [5.41, 5.74) is 3.98. The molecule has 0 radical (unpaired) electrons. The number of aromatic nitrogens is 1. The van der Waals surface area contributed by atoms with Crippen LogP contribution in [0.15, 0.2) is 29.4 Å². The number of carbonyl (C=O) groups is 1. The van der Waals surface area contributed by atoms with Crippen LogP contribution in [0.3, 0.4) is 0 Å². The van der Waals surface area contributed by atoms with Gasteiger partial charge in [-0.25, -0.2) is 9.78 Å². The number of nitrogens with one attached hydrogen (secondary N) is 1. The summed E-state index contributed by atoms with van der Waals surface area (Å²) in [4.78, 5) is 26.1. The predicted octanol–water partition coefficient (Wildman–Crippen LogP) is 2.59. The molecule has 9 heteroatoms. The Balaban J connectivity index is 2.03. The van der Waals surface area contributed by atoms with Crippen LogP contribution in [0.4, 0.5) is 10.8 Å². The summed E-state index contributed by atoms with van der Waals surface area (Å²) in [6.45, 7) is 1.70. The number of ether oxygens (including phenoxy) is 1. The van der Waals surface area contributed by atoms with Gasteiger partial charge in [0.25, 0.3) is 5.69 Å². The molecular formula is C13H12N4O4S. The Morgan fingerprint density at radius 2 is 2.14 bits per heavy atom. The Labute approximate surface area is 129 Å². The molecule has 2 rings (SSSR count). The number of anilines is 1. The van der Waals surface area contributed by atoms with Gasteiger partial charge in [0.2, 0.25) is 5.13 Å². The maximum atomic E-state index is 11.5. The lowest BCUT2D eigenvalue weighted by Crippen LogP contribution is -1.99. The Hall–Kier alpha value is -2.81. The van der Waals surface area contributed by atoms with Crippen molar-refractivity contribution >= 4 is 34.3 Å². The van der Waals surface area contributed by atoms with Crippen molar-refractivity contribution in [1.82, 2.24) is 4.98 Å². The number of benzene rings is 1. The van der Waals surface area contributed by atoms with Crippen molar-refractivity contribution in [2.75, 3.05) is 12.5 Å². The number of aryl methyl sites for hydroxylation is 1. The van der Waals surface area contributed by atoms with E-state index < -0.39 is 10.9 Å². The first kappa shape index (κ1) is 15.6. The molecule has 1 heterocycles. The molecule has 0 aliphatic rings. The van der Waals surface area contributed by atoms with Crippen LogP contribution >= 0.6 is 11.3 Å². The summed E-state index contributed by atoms with van der Waals surface area (Å²) in [6.07, 6.45) is 1.50. The number of rotatable bonds is 5. The van der Waals surface area contributed by atoms with E-state index in [-0.39, 0.29) is 5.69 Å². The molecule has 1 aromatic carbocycles. The Morgan fingerprint density at radius 1 is 1.45 bits per heavy atom. The summed E-state index contributed by atoms with van der Waals surface area (Å²) in [5.74, 6) is -0.442. The molecule has 0 aliphatic heterocycles. The molecule has 0 atom stereocenters. The standard InChI is InChI=1S/C13H12N4O4S/c1-8-11(12(18)21-2)22-13(15-8)16-14-7-9-3-5-10(6-4-9)17(19)20/h3-7H,1-2H3,(H,15,16)/b14-7-. The van der Waals surface area contributed by atoms with Gasteiger partial charge in [0.1, 0.15) is 4.88 Å². The monoisotopic (exact) mass is 320 g/mol. The van der Waals surface area contributed by atoms with Crippen molar-refractivity contribution in [3.63, 3.8) is 0 Å². The summed E-state index contributed by atoms with van der Waals surface area (Å²) in [7, 11) is 1.31. The van der Waals surface area contributed by atoms with Crippen molar-refractivity contribution in [1.29, 1.82) is 0 Å². The molecule has 0 aliphatic carbocycles. The van der Waals surface area contributed by atoms with E-state index in [1.54, 1.807) is 19.1 Å². The second kappa shape index (κ2) is 6.76. The first-order valence-electron chi connectivity index (χ1n) is 6.10. The van der Waals surface area contributed by atoms with E-state index in [9.17, 15) is 14.9 Å². The van der Waals surface area contributed by atoms with E-state index >= 15 is 0 Å². The molecule has 0 amide bonds. The number of hydrogen-bond acceptors (Lipinski definition) is 8. The molecule has 0 bridgehead atoms. The zero-order valence-electron chi connectivity index (χ0n) is 11.8. The van der Waals surface area contributed by atoms with E-state index in [4.69, 9.17) is 0 Å². The van der Waals surface area contributed by atoms with Crippen LogP contribution in [0.25, 0.3) is 0 Å². The van der Waals surface area contributed by atoms with Crippen LogP contribution in [0.1, 0.15) is 20.9 Å². The summed E-state index contributed by atoms with van der Waals surface area (Å²) >= 11 is 1.13. The minimum atomic E-state index is -0.466. The number of carbonyl (C=O) groups excluding carboxylic acids is 1. The quantitative estimate of drug-likeness (QED) is 0.393. The van der Waals surface area contributed by atoms with Crippen LogP contribution in [0.2, 0.25) is 0 Å². The topological polar surface area (TPSA) is 107 Å². The van der Waals surface area contributed by atoms with Crippen LogP contribution in [-0.4, -0.2) is 29.2 Å². The Morgan fingerprint density at radius 3 is 2.73 bits per heavy atom. The number of nitrogens with zero attached hydrogens (tertiary/aromatic N) is 3. The number of nitro benzene ring substituents is 1. The number of methoxy groups -OCH3 is 1. The number of nitro groups is 1. The first-order valence-corrected chi connectivity index (χ1v) is 6.92. The maximum absolute atomic E-state index is 11.5. The van der Waals surface area contributed by atoms with Gasteiger partial charge in [-0.1, -0.05) is 11.3 Å². The Bertz CT molecular complexity index is 724. The molecular weight excluding hydrogens is 308 g/mol. The van der Waals surface area contributed by atoms with Gasteiger partial charge in [-0.15, -0.1) is 0 Å². The third-order valence-electron chi connectivity index (χ3n) is 2.65. The number of thiazole rings is 1.